The second-order valence-electron chi connectivity index (χ2n) is 7.53. The van der Waals surface area contributed by atoms with Gasteiger partial charge in [-0.25, -0.2) is 4.79 Å². The quantitative estimate of drug-likeness (QED) is 0.167. The average molecular weight is 381 g/mol. The lowest BCUT2D eigenvalue weighted by molar-refractivity contribution is -0.137. The predicted molar refractivity (Wildman–Crippen MR) is 99.8 cm³/mol. The van der Waals surface area contributed by atoms with Crippen LogP contribution in [0.15, 0.2) is 5.16 Å². The maximum absolute atomic E-state index is 12.1. The average Bonchev–Trinajstić information content (AvgIpc) is 2.92. The van der Waals surface area contributed by atoms with Crippen LogP contribution in [0.3, 0.4) is 0 Å². The summed E-state index contributed by atoms with van der Waals surface area (Å²) in [5.74, 6) is -0.787. The van der Waals surface area contributed by atoms with E-state index >= 15 is 0 Å². The molecular formula is C19H31N3O5. The number of carboxylic acids is 1. The van der Waals surface area contributed by atoms with Gasteiger partial charge >= 0.3 is 12.0 Å². The van der Waals surface area contributed by atoms with Crippen LogP contribution in [0.4, 0.5) is 4.79 Å². The van der Waals surface area contributed by atoms with E-state index < -0.39 is 12.0 Å². The standard InChI is InChI=1S/C19H31N3O5/c23-17(24)11-7-2-1-6-10-16-18(25)20-19(26)22(16)13-12-15(21-27)14-8-4-3-5-9-14/h14,16,27H,1-13H2,(H,23,24)(H,20,25,26)/b21-15-. The molecule has 27 heavy (non-hydrogen) atoms. The zero-order chi connectivity index (χ0) is 19.6. The molecule has 1 atom stereocenters. The molecule has 1 aliphatic heterocycles. The van der Waals surface area contributed by atoms with Gasteiger partial charge in [0.1, 0.15) is 6.04 Å². The molecule has 0 aromatic rings. The Morgan fingerprint density at radius 2 is 1.78 bits per heavy atom. The molecule has 0 radical (unpaired) electrons. The van der Waals surface area contributed by atoms with Gasteiger partial charge in [0.25, 0.3) is 5.91 Å². The fraction of sp³-hybridized carbons (Fsp3) is 0.789. The van der Waals surface area contributed by atoms with E-state index in [4.69, 9.17) is 5.11 Å². The van der Waals surface area contributed by atoms with Gasteiger partial charge in [0.15, 0.2) is 0 Å². The van der Waals surface area contributed by atoms with Crippen molar-refractivity contribution in [3.63, 3.8) is 0 Å². The molecule has 0 bridgehead atoms. The van der Waals surface area contributed by atoms with Gasteiger partial charge in [0.05, 0.1) is 5.71 Å². The van der Waals surface area contributed by atoms with Crippen LogP contribution in [0.5, 0.6) is 0 Å². The minimum atomic E-state index is -0.790. The molecule has 2 rings (SSSR count). The van der Waals surface area contributed by atoms with Crippen molar-refractivity contribution in [3.8, 4) is 0 Å². The first-order valence-electron chi connectivity index (χ1n) is 10.1. The Balaban J connectivity index is 1.79. The smallest absolute Gasteiger partial charge is 0.324 e. The number of urea groups is 1. The highest BCUT2D eigenvalue weighted by Gasteiger charge is 2.37. The molecule has 2 fully saturated rings. The molecule has 3 N–H and O–H groups in total. The van der Waals surface area contributed by atoms with Gasteiger partial charge in [-0.2, -0.15) is 0 Å². The van der Waals surface area contributed by atoms with Crippen LogP contribution in [-0.2, 0) is 9.59 Å². The highest BCUT2D eigenvalue weighted by Crippen LogP contribution is 2.26. The molecular weight excluding hydrogens is 350 g/mol. The molecule has 0 spiro atoms. The van der Waals surface area contributed by atoms with E-state index in [1.807, 2.05) is 0 Å². The van der Waals surface area contributed by atoms with Crippen molar-refractivity contribution >= 4 is 23.6 Å². The highest BCUT2D eigenvalue weighted by molar-refractivity contribution is 6.04. The van der Waals surface area contributed by atoms with Crippen molar-refractivity contribution in [1.29, 1.82) is 0 Å². The second-order valence-corrected chi connectivity index (χ2v) is 7.53. The zero-order valence-corrected chi connectivity index (χ0v) is 15.9. The fourth-order valence-electron chi connectivity index (χ4n) is 4.06. The summed E-state index contributed by atoms with van der Waals surface area (Å²) in [6.07, 6.45) is 9.78. The van der Waals surface area contributed by atoms with Crippen LogP contribution in [0.25, 0.3) is 0 Å². The lowest BCUT2D eigenvalue weighted by Crippen LogP contribution is -2.37. The van der Waals surface area contributed by atoms with Gasteiger partial charge in [-0.1, -0.05) is 43.7 Å². The van der Waals surface area contributed by atoms with Gasteiger partial charge in [-0.05, 0) is 25.7 Å². The Morgan fingerprint density at radius 3 is 2.44 bits per heavy atom. The van der Waals surface area contributed by atoms with Crippen LogP contribution >= 0.6 is 0 Å². The number of unbranched alkanes of at least 4 members (excludes halogenated alkanes) is 3. The first-order valence-corrected chi connectivity index (χ1v) is 10.1. The molecule has 0 aromatic heterocycles. The molecule has 1 aliphatic carbocycles. The van der Waals surface area contributed by atoms with E-state index in [1.165, 1.54) is 6.42 Å². The minimum Gasteiger partial charge on any atom is -0.481 e. The van der Waals surface area contributed by atoms with Crippen molar-refractivity contribution in [2.75, 3.05) is 6.54 Å². The normalized spacial score (nSPS) is 21.6. The summed E-state index contributed by atoms with van der Waals surface area (Å²) in [6.45, 7) is 0.372. The van der Waals surface area contributed by atoms with E-state index in [1.54, 1.807) is 4.90 Å². The van der Waals surface area contributed by atoms with Gasteiger partial charge in [0.2, 0.25) is 0 Å². The van der Waals surface area contributed by atoms with Crippen molar-refractivity contribution in [2.45, 2.75) is 83.1 Å². The maximum Gasteiger partial charge on any atom is 0.324 e. The summed E-state index contributed by atoms with van der Waals surface area (Å²) < 4.78 is 0. The molecule has 2 aliphatic rings. The number of hydrogen-bond donors (Lipinski definition) is 3. The van der Waals surface area contributed by atoms with Crippen LogP contribution in [0.1, 0.15) is 77.0 Å². The number of nitrogens with one attached hydrogen (secondary N) is 1. The Morgan fingerprint density at radius 1 is 1.07 bits per heavy atom. The third-order valence-corrected chi connectivity index (χ3v) is 5.60. The summed E-state index contributed by atoms with van der Waals surface area (Å²) in [7, 11) is 0. The summed E-state index contributed by atoms with van der Waals surface area (Å²) in [6, 6.07) is -0.861. The third kappa shape index (κ3) is 6.52. The van der Waals surface area contributed by atoms with E-state index in [0.717, 1.165) is 50.7 Å². The predicted octanol–water partition coefficient (Wildman–Crippen LogP) is 3.13. The lowest BCUT2D eigenvalue weighted by Gasteiger charge is -2.25. The number of rotatable bonds is 11. The lowest BCUT2D eigenvalue weighted by atomic mass is 9.84. The topological polar surface area (TPSA) is 119 Å². The first kappa shape index (κ1) is 21.2. The largest absolute Gasteiger partial charge is 0.481 e. The van der Waals surface area contributed by atoms with Crippen molar-refractivity contribution in [1.82, 2.24) is 10.2 Å². The Hall–Kier alpha value is -2.12. The number of carboxylic acid groups (broad SMARTS) is 1. The Bertz CT molecular complexity index is 558. The highest BCUT2D eigenvalue weighted by atomic mass is 16.4. The van der Waals surface area contributed by atoms with Gasteiger partial charge in [-0.3, -0.25) is 14.9 Å². The van der Waals surface area contributed by atoms with Crippen molar-refractivity contribution in [2.24, 2.45) is 11.1 Å². The van der Waals surface area contributed by atoms with Crippen LogP contribution in [0, 0.1) is 5.92 Å². The third-order valence-electron chi connectivity index (χ3n) is 5.60. The number of aliphatic carboxylic acids is 1. The summed E-state index contributed by atoms with van der Waals surface area (Å²) in [4.78, 5) is 36.3. The number of hydrogen-bond acceptors (Lipinski definition) is 5. The molecule has 1 heterocycles. The summed E-state index contributed by atoms with van der Waals surface area (Å²) in [5.41, 5.74) is 0.731. The van der Waals surface area contributed by atoms with Crippen LogP contribution in [0.2, 0.25) is 0 Å². The molecule has 1 unspecified atom stereocenters. The number of carbonyl (C=O) groups is 3. The summed E-state index contributed by atoms with van der Waals surface area (Å²) >= 11 is 0. The second kappa shape index (κ2) is 10.9. The molecule has 3 amide bonds. The van der Waals surface area contributed by atoms with Crippen LogP contribution < -0.4 is 5.32 Å². The SMILES string of the molecule is O=C(O)CCCCCCC1C(=O)NC(=O)N1CC/C(=N/O)C1CCCCC1. The molecule has 8 nitrogen and oxygen atoms in total. The number of oxime groups is 1. The van der Waals surface area contributed by atoms with Gasteiger partial charge in [0, 0.05) is 25.3 Å². The van der Waals surface area contributed by atoms with Gasteiger partial charge in [-0.15, -0.1) is 0 Å². The first-order chi connectivity index (χ1) is 13.0. The zero-order valence-electron chi connectivity index (χ0n) is 15.9. The van der Waals surface area contributed by atoms with Crippen LogP contribution in [-0.4, -0.2) is 51.4 Å². The van der Waals surface area contributed by atoms with Crippen molar-refractivity contribution < 1.29 is 24.7 Å². The van der Waals surface area contributed by atoms with Crippen molar-refractivity contribution in [3.05, 3.63) is 0 Å². The number of amides is 3. The fourth-order valence-corrected chi connectivity index (χ4v) is 4.06. The van der Waals surface area contributed by atoms with E-state index in [-0.39, 0.29) is 24.3 Å². The van der Waals surface area contributed by atoms with E-state index in [9.17, 15) is 19.6 Å². The summed E-state index contributed by atoms with van der Waals surface area (Å²) in [5, 5.41) is 23.8. The molecule has 0 aromatic carbocycles. The van der Waals surface area contributed by atoms with E-state index in [2.05, 4.69) is 10.5 Å². The monoisotopic (exact) mass is 381 g/mol. The van der Waals surface area contributed by atoms with Gasteiger partial charge < -0.3 is 15.2 Å². The van der Waals surface area contributed by atoms with E-state index in [0.29, 0.717) is 25.8 Å². The minimum absolute atomic E-state index is 0.166. The maximum atomic E-state index is 12.1. The number of imide groups is 1. The number of carbonyl (C=O) groups excluding carboxylic acids is 2. The molecule has 1 saturated carbocycles. The Labute approximate surface area is 160 Å². The number of nitrogens with zero attached hydrogens (tertiary/aromatic N) is 2. The Kier molecular flexibility index (Phi) is 8.54. The molecule has 152 valence electrons. The molecule has 8 heteroatoms. The molecule has 1 saturated heterocycles.